The Balaban J connectivity index is 1.84. The molecule has 1 N–H and O–H groups in total. The maximum Gasteiger partial charge on any atom is 0.319 e. The first-order chi connectivity index (χ1) is 12.4. The van der Waals surface area contributed by atoms with E-state index in [2.05, 4.69) is 5.32 Å². The van der Waals surface area contributed by atoms with Crippen LogP contribution in [0.3, 0.4) is 0 Å². The standard InChI is InChI=1S/C18H18N2O5S/c1-12-10-14(20(23)24)8-9-16(12)19-17(21)11-25-18(22)13(2)26-15-6-4-3-5-7-15/h3-10,13H,11H2,1-2H3,(H,19,21)/t13-/m0/s1. The molecule has 0 spiro atoms. The third-order valence-electron chi connectivity index (χ3n) is 3.43. The van der Waals surface area contributed by atoms with Gasteiger partial charge in [-0.05, 0) is 37.6 Å². The number of non-ortho nitro benzene ring substituents is 1. The van der Waals surface area contributed by atoms with Crippen molar-refractivity contribution in [2.75, 3.05) is 11.9 Å². The summed E-state index contributed by atoms with van der Waals surface area (Å²) >= 11 is 1.34. The zero-order chi connectivity index (χ0) is 19.1. The van der Waals surface area contributed by atoms with Crippen molar-refractivity contribution in [3.8, 4) is 0 Å². The van der Waals surface area contributed by atoms with Gasteiger partial charge in [0.05, 0.1) is 4.92 Å². The number of nitrogens with one attached hydrogen (secondary N) is 1. The van der Waals surface area contributed by atoms with Gasteiger partial charge in [-0.3, -0.25) is 19.7 Å². The molecule has 0 radical (unpaired) electrons. The highest BCUT2D eigenvalue weighted by atomic mass is 32.2. The third-order valence-corrected chi connectivity index (χ3v) is 4.52. The van der Waals surface area contributed by atoms with Crippen LogP contribution in [0.15, 0.2) is 53.4 Å². The van der Waals surface area contributed by atoms with Crippen LogP contribution < -0.4 is 5.32 Å². The quantitative estimate of drug-likeness (QED) is 0.344. The highest BCUT2D eigenvalue weighted by Gasteiger charge is 2.18. The lowest BCUT2D eigenvalue weighted by atomic mass is 10.2. The molecule has 0 aromatic heterocycles. The molecule has 26 heavy (non-hydrogen) atoms. The molecule has 2 aromatic carbocycles. The van der Waals surface area contributed by atoms with Gasteiger partial charge in [0.15, 0.2) is 6.61 Å². The average molecular weight is 374 g/mol. The zero-order valence-electron chi connectivity index (χ0n) is 14.3. The molecule has 0 saturated carbocycles. The highest BCUT2D eigenvalue weighted by Crippen LogP contribution is 2.24. The number of aryl methyl sites for hydroxylation is 1. The maximum atomic E-state index is 12.0. The van der Waals surface area contributed by atoms with Crippen molar-refractivity contribution in [2.24, 2.45) is 0 Å². The van der Waals surface area contributed by atoms with E-state index < -0.39 is 28.7 Å². The molecule has 1 atom stereocenters. The first-order valence-electron chi connectivity index (χ1n) is 7.80. The van der Waals surface area contributed by atoms with E-state index in [9.17, 15) is 19.7 Å². The fourth-order valence-corrected chi connectivity index (χ4v) is 2.98. The zero-order valence-corrected chi connectivity index (χ0v) is 15.1. The number of amides is 1. The van der Waals surface area contributed by atoms with Gasteiger partial charge in [-0.15, -0.1) is 11.8 Å². The molecule has 7 nitrogen and oxygen atoms in total. The number of ether oxygens (including phenoxy) is 1. The Kier molecular flexibility index (Phi) is 6.74. The molecule has 136 valence electrons. The van der Waals surface area contributed by atoms with E-state index in [0.29, 0.717) is 11.3 Å². The molecule has 8 heteroatoms. The maximum absolute atomic E-state index is 12.0. The Morgan fingerprint density at radius 2 is 1.92 bits per heavy atom. The number of anilines is 1. The molecule has 1 amide bonds. The van der Waals surface area contributed by atoms with Crippen LogP contribution in [0.4, 0.5) is 11.4 Å². The fraction of sp³-hybridized carbons (Fsp3) is 0.222. The Morgan fingerprint density at radius 3 is 2.54 bits per heavy atom. The van der Waals surface area contributed by atoms with E-state index in [-0.39, 0.29) is 5.69 Å². The van der Waals surface area contributed by atoms with Gasteiger partial charge in [0.2, 0.25) is 0 Å². The van der Waals surface area contributed by atoms with Gasteiger partial charge in [-0.25, -0.2) is 0 Å². The molecule has 0 fully saturated rings. The summed E-state index contributed by atoms with van der Waals surface area (Å²) in [5.41, 5.74) is 0.925. The van der Waals surface area contributed by atoms with Crippen LogP contribution >= 0.6 is 11.8 Å². The van der Waals surface area contributed by atoms with Crippen LogP contribution in [0.5, 0.6) is 0 Å². The molecular weight excluding hydrogens is 356 g/mol. The minimum absolute atomic E-state index is 0.0568. The van der Waals surface area contributed by atoms with Crippen molar-refractivity contribution in [2.45, 2.75) is 24.0 Å². The summed E-state index contributed by atoms with van der Waals surface area (Å²) in [6, 6.07) is 13.5. The summed E-state index contributed by atoms with van der Waals surface area (Å²) in [4.78, 5) is 35.1. The summed E-state index contributed by atoms with van der Waals surface area (Å²) in [6.07, 6.45) is 0. The van der Waals surface area contributed by atoms with Crippen molar-refractivity contribution >= 4 is 35.0 Å². The first-order valence-corrected chi connectivity index (χ1v) is 8.68. The Labute approximate surface area is 154 Å². The Hall–Kier alpha value is -2.87. The lowest BCUT2D eigenvalue weighted by Gasteiger charge is -2.12. The van der Waals surface area contributed by atoms with Gasteiger partial charge in [-0.2, -0.15) is 0 Å². The average Bonchev–Trinajstić information content (AvgIpc) is 2.62. The van der Waals surface area contributed by atoms with Gasteiger partial charge < -0.3 is 10.1 Å². The number of nitro benzene ring substituents is 1. The molecule has 0 aliphatic heterocycles. The Bertz CT molecular complexity index is 810. The number of esters is 1. The van der Waals surface area contributed by atoms with Gasteiger partial charge in [0.25, 0.3) is 11.6 Å². The van der Waals surface area contributed by atoms with E-state index in [4.69, 9.17) is 4.74 Å². The molecule has 0 saturated heterocycles. The number of rotatable bonds is 7. The van der Waals surface area contributed by atoms with Crippen LogP contribution in [-0.4, -0.2) is 28.7 Å². The van der Waals surface area contributed by atoms with E-state index in [1.54, 1.807) is 13.8 Å². The van der Waals surface area contributed by atoms with Crippen LogP contribution in [-0.2, 0) is 14.3 Å². The van der Waals surface area contributed by atoms with E-state index in [1.165, 1.54) is 30.0 Å². The second-order valence-corrected chi connectivity index (χ2v) is 6.90. The van der Waals surface area contributed by atoms with Crippen molar-refractivity contribution < 1.29 is 19.2 Å². The number of benzene rings is 2. The molecule has 0 aliphatic rings. The lowest BCUT2D eigenvalue weighted by Crippen LogP contribution is -2.25. The summed E-state index contributed by atoms with van der Waals surface area (Å²) in [5, 5.41) is 12.8. The lowest BCUT2D eigenvalue weighted by molar-refractivity contribution is -0.384. The van der Waals surface area contributed by atoms with Crippen LogP contribution in [0, 0.1) is 17.0 Å². The predicted octanol–water partition coefficient (Wildman–Crippen LogP) is 3.57. The van der Waals surface area contributed by atoms with Crippen LogP contribution in [0.1, 0.15) is 12.5 Å². The van der Waals surface area contributed by atoms with Gasteiger partial charge in [0.1, 0.15) is 5.25 Å². The molecule has 2 aromatic rings. The normalized spacial score (nSPS) is 11.5. The summed E-state index contributed by atoms with van der Waals surface area (Å²) < 4.78 is 5.03. The number of carbonyl (C=O) groups is 2. The second-order valence-electron chi connectivity index (χ2n) is 5.49. The summed E-state index contributed by atoms with van der Waals surface area (Å²) in [6.45, 7) is 2.93. The molecule has 2 rings (SSSR count). The Morgan fingerprint density at radius 1 is 1.23 bits per heavy atom. The van der Waals surface area contributed by atoms with Crippen molar-refractivity contribution in [1.29, 1.82) is 0 Å². The number of nitrogens with zero attached hydrogens (tertiary/aromatic N) is 1. The number of thioether (sulfide) groups is 1. The molecule has 0 bridgehead atoms. The molecule has 0 heterocycles. The molecule has 0 unspecified atom stereocenters. The summed E-state index contributed by atoms with van der Waals surface area (Å²) in [5.74, 6) is -0.998. The molecular formula is C18H18N2O5S. The van der Waals surface area contributed by atoms with Crippen molar-refractivity contribution in [3.05, 3.63) is 64.2 Å². The highest BCUT2D eigenvalue weighted by molar-refractivity contribution is 8.00. The number of nitro groups is 1. The first kappa shape index (κ1) is 19.5. The second kappa shape index (κ2) is 9.00. The minimum Gasteiger partial charge on any atom is -0.455 e. The van der Waals surface area contributed by atoms with E-state index in [0.717, 1.165) is 4.90 Å². The van der Waals surface area contributed by atoms with Crippen molar-refractivity contribution in [1.82, 2.24) is 0 Å². The van der Waals surface area contributed by atoms with Gasteiger partial charge in [-0.1, -0.05) is 18.2 Å². The van der Waals surface area contributed by atoms with Crippen LogP contribution in [0.2, 0.25) is 0 Å². The summed E-state index contributed by atoms with van der Waals surface area (Å²) in [7, 11) is 0. The van der Waals surface area contributed by atoms with Crippen LogP contribution in [0.25, 0.3) is 0 Å². The monoisotopic (exact) mass is 374 g/mol. The van der Waals surface area contributed by atoms with Gasteiger partial charge >= 0.3 is 5.97 Å². The number of hydrogen-bond acceptors (Lipinski definition) is 6. The van der Waals surface area contributed by atoms with E-state index >= 15 is 0 Å². The van der Waals surface area contributed by atoms with Crippen molar-refractivity contribution in [3.63, 3.8) is 0 Å². The molecule has 0 aliphatic carbocycles. The third kappa shape index (κ3) is 5.59. The number of hydrogen-bond donors (Lipinski definition) is 1. The largest absolute Gasteiger partial charge is 0.455 e. The predicted molar refractivity (Wildman–Crippen MR) is 99.2 cm³/mol. The van der Waals surface area contributed by atoms with E-state index in [1.807, 2.05) is 30.3 Å². The smallest absolute Gasteiger partial charge is 0.319 e. The van der Waals surface area contributed by atoms with Gasteiger partial charge in [0, 0.05) is 22.7 Å². The fourth-order valence-electron chi connectivity index (χ4n) is 2.09. The topological polar surface area (TPSA) is 98.5 Å². The minimum atomic E-state index is -0.508. The SMILES string of the molecule is Cc1cc([N+](=O)[O-])ccc1NC(=O)COC(=O)[C@H](C)Sc1ccccc1. The number of carbonyl (C=O) groups excluding carboxylic acids is 2.